The van der Waals surface area contributed by atoms with E-state index in [4.69, 9.17) is 13.6 Å². The van der Waals surface area contributed by atoms with Crippen LogP contribution in [-0.2, 0) is 6.61 Å². The first kappa shape index (κ1) is 15.7. The summed E-state index contributed by atoms with van der Waals surface area (Å²) in [4.78, 5) is 8.43. The summed E-state index contributed by atoms with van der Waals surface area (Å²) in [7, 11) is -2.69. The number of benzene rings is 3. The first-order chi connectivity index (χ1) is 15.3. The van der Waals surface area contributed by atoms with E-state index in [0.29, 0.717) is 21.2 Å². The summed E-state index contributed by atoms with van der Waals surface area (Å²) < 4.78 is 48.5. The van der Waals surface area contributed by atoms with Gasteiger partial charge in [0.15, 0.2) is 11.5 Å². The SMILES string of the molecule is [2H]C([2H])([2H])Oc1cc2c(Nc3ccc(Br)cc3F)ncnc2cc1OCc1ccccc1. The summed E-state index contributed by atoms with van der Waals surface area (Å²) >= 11 is 3.22. The van der Waals surface area contributed by atoms with E-state index in [1.165, 1.54) is 18.5 Å². The van der Waals surface area contributed by atoms with Gasteiger partial charge in [-0.15, -0.1) is 0 Å². The zero-order valence-electron chi connectivity index (χ0n) is 18.0. The Hall–Kier alpha value is -3.19. The molecule has 7 heteroatoms. The third-order valence-corrected chi connectivity index (χ3v) is 4.73. The van der Waals surface area contributed by atoms with Crippen LogP contribution < -0.4 is 14.8 Å². The van der Waals surface area contributed by atoms with Crippen molar-refractivity contribution in [3.8, 4) is 11.5 Å². The first-order valence-electron chi connectivity index (χ1n) is 10.1. The number of fused-ring (bicyclic) bond motifs is 1. The number of nitrogens with one attached hydrogen (secondary N) is 1. The van der Waals surface area contributed by atoms with Crippen LogP contribution in [0.3, 0.4) is 0 Å². The predicted molar refractivity (Wildman–Crippen MR) is 114 cm³/mol. The van der Waals surface area contributed by atoms with Crippen LogP contribution >= 0.6 is 15.9 Å². The minimum atomic E-state index is -2.69. The fraction of sp³-hybridized carbons (Fsp3) is 0.0909. The maximum absolute atomic E-state index is 14.3. The fourth-order valence-corrected chi connectivity index (χ4v) is 3.14. The number of aromatic nitrogens is 2. The van der Waals surface area contributed by atoms with E-state index in [9.17, 15) is 4.39 Å². The van der Waals surface area contributed by atoms with Crippen molar-refractivity contribution in [2.75, 3.05) is 12.4 Å². The highest BCUT2D eigenvalue weighted by molar-refractivity contribution is 9.10. The lowest BCUT2D eigenvalue weighted by Crippen LogP contribution is -2.01. The highest BCUT2D eigenvalue weighted by Gasteiger charge is 2.13. The first-order valence-corrected chi connectivity index (χ1v) is 9.44. The van der Waals surface area contributed by atoms with Crippen molar-refractivity contribution < 1.29 is 18.0 Å². The van der Waals surface area contributed by atoms with Gasteiger partial charge < -0.3 is 14.8 Å². The Morgan fingerprint density at radius 1 is 1.07 bits per heavy atom. The molecule has 0 aliphatic carbocycles. The van der Waals surface area contributed by atoms with Crippen molar-refractivity contribution in [1.29, 1.82) is 0 Å². The van der Waals surface area contributed by atoms with Crippen LogP contribution in [0.1, 0.15) is 9.68 Å². The van der Waals surface area contributed by atoms with Gasteiger partial charge in [0, 0.05) is 15.9 Å². The van der Waals surface area contributed by atoms with Gasteiger partial charge in [0.25, 0.3) is 0 Å². The second kappa shape index (κ2) is 8.45. The molecular weight excluding hydrogens is 437 g/mol. The normalized spacial score (nSPS) is 12.7. The van der Waals surface area contributed by atoms with E-state index in [-0.39, 0.29) is 23.8 Å². The number of ether oxygens (including phenoxy) is 2. The molecule has 0 unspecified atom stereocenters. The van der Waals surface area contributed by atoms with E-state index in [1.54, 1.807) is 18.2 Å². The maximum atomic E-state index is 14.3. The Balaban J connectivity index is 1.73. The van der Waals surface area contributed by atoms with Crippen LogP contribution in [0.25, 0.3) is 10.9 Å². The van der Waals surface area contributed by atoms with Gasteiger partial charge in [-0.3, -0.25) is 0 Å². The van der Waals surface area contributed by atoms with Gasteiger partial charge in [0.2, 0.25) is 0 Å². The highest BCUT2D eigenvalue weighted by atomic mass is 79.9. The average molecular weight is 457 g/mol. The Kier molecular flexibility index (Phi) is 4.57. The summed E-state index contributed by atoms with van der Waals surface area (Å²) in [6.45, 7) is 0.212. The predicted octanol–water partition coefficient (Wildman–Crippen LogP) is 5.86. The zero-order valence-corrected chi connectivity index (χ0v) is 16.6. The molecule has 0 saturated carbocycles. The number of rotatable bonds is 6. The number of halogens is 2. The smallest absolute Gasteiger partial charge is 0.163 e. The molecule has 146 valence electrons. The molecule has 29 heavy (non-hydrogen) atoms. The van der Waals surface area contributed by atoms with E-state index < -0.39 is 12.9 Å². The van der Waals surface area contributed by atoms with E-state index in [0.717, 1.165) is 5.56 Å². The molecule has 0 atom stereocenters. The lowest BCUT2D eigenvalue weighted by atomic mass is 10.2. The van der Waals surface area contributed by atoms with Gasteiger partial charge in [-0.2, -0.15) is 0 Å². The highest BCUT2D eigenvalue weighted by Crippen LogP contribution is 2.35. The monoisotopic (exact) mass is 456 g/mol. The summed E-state index contributed by atoms with van der Waals surface area (Å²) in [5.41, 5.74) is 1.58. The van der Waals surface area contributed by atoms with Crippen LogP contribution in [0.4, 0.5) is 15.9 Å². The third-order valence-electron chi connectivity index (χ3n) is 4.23. The van der Waals surface area contributed by atoms with Gasteiger partial charge in [0.05, 0.1) is 22.4 Å². The Bertz CT molecular complexity index is 1260. The van der Waals surface area contributed by atoms with Crippen molar-refractivity contribution >= 4 is 38.3 Å². The summed E-state index contributed by atoms with van der Waals surface area (Å²) in [6, 6.07) is 17.1. The molecule has 0 aliphatic rings. The summed E-state index contributed by atoms with van der Waals surface area (Å²) in [5.74, 6) is 0.0358. The summed E-state index contributed by atoms with van der Waals surface area (Å²) in [5, 5.41) is 3.37. The summed E-state index contributed by atoms with van der Waals surface area (Å²) in [6.07, 6.45) is 1.33. The molecule has 0 bridgehead atoms. The number of hydrogen-bond acceptors (Lipinski definition) is 5. The molecule has 0 saturated heterocycles. The van der Waals surface area contributed by atoms with Gasteiger partial charge >= 0.3 is 0 Å². The van der Waals surface area contributed by atoms with Crippen molar-refractivity contribution in [3.63, 3.8) is 0 Å². The van der Waals surface area contributed by atoms with E-state index in [2.05, 4.69) is 31.2 Å². The molecule has 4 aromatic rings. The average Bonchev–Trinajstić information content (AvgIpc) is 2.74. The van der Waals surface area contributed by atoms with Crippen molar-refractivity contribution in [3.05, 3.63) is 82.8 Å². The second-order valence-electron chi connectivity index (χ2n) is 6.16. The molecule has 0 radical (unpaired) electrons. The quantitative estimate of drug-likeness (QED) is 0.393. The van der Waals surface area contributed by atoms with Crippen LogP contribution in [0.15, 0.2) is 71.5 Å². The largest absolute Gasteiger partial charge is 0.493 e. The molecule has 0 aliphatic heterocycles. The lowest BCUT2D eigenvalue weighted by Gasteiger charge is -2.14. The molecule has 1 N–H and O–H groups in total. The molecule has 1 heterocycles. The number of anilines is 2. The van der Waals surface area contributed by atoms with Crippen molar-refractivity contribution in [2.24, 2.45) is 0 Å². The molecule has 1 aromatic heterocycles. The van der Waals surface area contributed by atoms with E-state index >= 15 is 0 Å². The van der Waals surface area contributed by atoms with Crippen LogP contribution in [0.5, 0.6) is 11.5 Å². The van der Waals surface area contributed by atoms with Crippen LogP contribution in [0.2, 0.25) is 0 Å². The van der Waals surface area contributed by atoms with Gasteiger partial charge in [-0.05, 0) is 29.8 Å². The zero-order chi connectivity index (χ0) is 22.7. The molecule has 3 aromatic carbocycles. The molecule has 0 spiro atoms. The van der Waals surface area contributed by atoms with Crippen LogP contribution in [-0.4, -0.2) is 17.0 Å². The minimum absolute atomic E-state index is 0.00237. The van der Waals surface area contributed by atoms with Crippen LogP contribution in [0, 0.1) is 5.82 Å². The number of hydrogen-bond donors (Lipinski definition) is 1. The Morgan fingerprint density at radius 2 is 1.93 bits per heavy atom. The topological polar surface area (TPSA) is 56.3 Å². The number of methoxy groups -OCH3 is 1. The lowest BCUT2D eigenvalue weighted by molar-refractivity contribution is 0.285. The Labute approximate surface area is 179 Å². The fourth-order valence-electron chi connectivity index (χ4n) is 2.81. The van der Waals surface area contributed by atoms with E-state index in [1.807, 2.05) is 30.3 Å². The van der Waals surface area contributed by atoms with Crippen molar-refractivity contribution in [2.45, 2.75) is 6.61 Å². The van der Waals surface area contributed by atoms with Crippen molar-refractivity contribution in [1.82, 2.24) is 9.97 Å². The Morgan fingerprint density at radius 3 is 2.72 bits per heavy atom. The van der Waals surface area contributed by atoms with Gasteiger partial charge in [-0.1, -0.05) is 46.3 Å². The minimum Gasteiger partial charge on any atom is -0.493 e. The van der Waals surface area contributed by atoms with Gasteiger partial charge in [0.1, 0.15) is 24.6 Å². The molecule has 4 rings (SSSR count). The molecule has 0 amide bonds. The standard InChI is InChI=1S/C22H17BrFN3O2/c1-28-20-10-16-19(11-21(20)29-12-14-5-3-2-4-6-14)25-13-26-22(16)27-18-8-7-15(23)9-17(18)24/h2-11,13H,12H2,1H3,(H,25,26,27)/i1D3. The second-order valence-corrected chi connectivity index (χ2v) is 7.08. The number of nitrogens with zero attached hydrogens (tertiary/aromatic N) is 2. The third kappa shape index (κ3) is 4.30. The molecular formula is C22H17BrFN3O2. The van der Waals surface area contributed by atoms with Gasteiger partial charge in [-0.25, -0.2) is 14.4 Å². The maximum Gasteiger partial charge on any atom is 0.163 e. The molecule has 0 fully saturated rings. The molecule has 5 nitrogen and oxygen atoms in total.